The largest absolute Gasteiger partial charge is 0.488 e. The third kappa shape index (κ3) is 5.71. The lowest BCUT2D eigenvalue weighted by atomic mass is 10.2. The molecule has 9 heteroatoms. The molecule has 0 saturated heterocycles. The molecule has 0 spiro atoms. The van der Waals surface area contributed by atoms with Crippen molar-refractivity contribution in [2.75, 3.05) is 0 Å². The van der Waals surface area contributed by atoms with Crippen molar-refractivity contribution in [3.05, 3.63) is 104 Å². The smallest absolute Gasteiger partial charge is 0.271 e. The molecule has 3 rings (SSSR count). The molecular formula is C21H15BrFN3O4. The van der Waals surface area contributed by atoms with Gasteiger partial charge in [0, 0.05) is 17.7 Å². The molecule has 0 aromatic heterocycles. The van der Waals surface area contributed by atoms with E-state index < -0.39 is 16.6 Å². The number of carbonyl (C=O) groups is 1. The highest BCUT2D eigenvalue weighted by atomic mass is 79.9. The Morgan fingerprint density at radius 1 is 1.13 bits per heavy atom. The summed E-state index contributed by atoms with van der Waals surface area (Å²) in [7, 11) is 0. The highest BCUT2D eigenvalue weighted by Gasteiger charge is 2.07. The number of hydrogen-bond donors (Lipinski definition) is 1. The number of rotatable bonds is 7. The topological polar surface area (TPSA) is 93.8 Å². The van der Waals surface area contributed by atoms with Gasteiger partial charge < -0.3 is 4.74 Å². The summed E-state index contributed by atoms with van der Waals surface area (Å²) in [6.45, 7) is 0.248. The monoisotopic (exact) mass is 471 g/mol. The van der Waals surface area contributed by atoms with Crippen molar-refractivity contribution in [1.29, 1.82) is 0 Å². The van der Waals surface area contributed by atoms with Crippen LogP contribution in [0.3, 0.4) is 0 Å². The van der Waals surface area contributed by atoms with Crippen LogP contribution >= 0.6 is 15.9 Å². The number of amides is 1. The van der Waals surface area contributed by atoms with Crippen molar-refractivity contribution < 1.29 is 18.8 Å². The molecule has 3 aromatic carbocycles. The number of hydrazone groups is 1. The van der Waals surface area contributed by atoms with Crippen LogP contribution in [0.1, 0.15) is 21.5 Å². The number of nitrogens with zero attached hydrogens (tertiary/aromatic N) is 2. The zero-order valence-corrected chi connectivity index (χ0v) is 17.0. The molecule has 0 aliphatic heterocycles. The Hall–Kier alpha value is -3.59. The Balaban J connectivity index is 1.56. The number of carbonyl (C=O) groups excluding carboxylic acids is 1. The van der Waals surface area contributed by atoms with Gasteiger partial charge in [-0.05, 0) is 81.7 Å². The quantitative estimate of drug-likeness (QED) is 0.303. The minimum absolute atomic E-state index is 0.0232. The SMILES string of the molecule is O=C(N/N=C\c1ccc(OCc2ccc([N+](=O)[O-])cc2)c(Br)c1)c1ccc(F)cc1. The van der Waals surface area contributed by atoms with Crippen LogP contribution in [0, 0.1) is 15.9 Å². The van der Waals surface area contributed by atoms with Crippen LogP contribution in [0.15, 0.2) is 76.3 Å². The fourth-order valence-electron chi connectivity index (χ4n) is 2.42. The third-order valence-electron chi connectivity index (χ3n) is 3.98. The number of hydrogen-bond acceptors (Lipinski definition) is 5. The number of nitro benzene ring substituents is 1. The zero-order chi connectivity index (χ0) is 21.5. The third-order valence-corrected chi connectivity index (χ3v) is 4.60. The number of halogens is 2. The molecular weight excluding hydrogens is 457 g/mol. The maximum Gasteiger partial charge on any atom is 0.271 e. The summed E-state index contributed by atoms with van der Waals surface area (Å²) in [5, 5.41) is 14.6. The van der Waals surface area contributed by atoms with Gasteiger partial charge in [-0.2, -0.15) is 5.10 Å². The Morgan fingerprint density at radius 3 is 2.47 bits per heavy atom. The summed E-state index contributed by atoms with van der Waals surface area (Å²) in [6, 6.07) is 16.5. The van der Waals surface area contributed by atoms with E-state index in [-0.39, 0.29) is 12.3 Å². The van der Waals surface area contributed by atoms with Gasteiger partial charge in [0.15, 0.2) is 0 Å². The molecule has 0 aliphatic rings. The average Bonchev–Trinajstić information content (AvgIpc) is 2.74. The van der Waals surface area contributed by atoms with Crippen molar-refractivity contribution in [3.8, 4) is 5.75 Å². The van der Waals surface area contributed by atoms with E-state index in [0.29, 0.717) is 21.3 Å². The summed E-state index contributed by atoms with van der Waals surface area (Å²) >= 11 is 3.42. The minimum atomic E-state index is -0.455. The first kappa shape index (κ1) is 21.1. The lowest BCUT2D eigenvalue weighted by Crippen LogP contribution is -2.17. The van der Waals surface area contributed by atoms with Crippen LogP contribution in [0.5, 0.6) is 5.75 Å². The Labute approximate surface area is 179 Å². The summed E-state index contributed by atoms with van der Waals surface area (Å²) < 4.78 is 19.3. The fraction of sp³-hybridized carbons (Fsp3) is 0.0476. The van der Waals surface area contributed by atoms with Gasteiger partial charge in [-0.1, -0.05) is 0 Å². The molecule has 7 nitrogen and oxygen atoms in total. The molecule has 0 fully saturated rings. The zero-order valence-electron chi connectivity index (χ0n) is 15.4. The van der Waals surface area contributed by atoms with E-state index in [0.717, 1.165) is 5.56 Å². The molecule has 0 unspecified atom stereocenters. The summed E-state index contributed by atoms with van der Waals surface area (Å²) in [4.78, 5) is 22.2. The molecule has 152 valence electrons. The highest BCUT2D eigenvalue weighted by Crippen LogP contribution is 2.26. The summed E-state index contributed by atoms with van der Waals surface area (Å²) in [5.41, 5.74) is 4.20. The number of benzene rings is 3. The minimum Gasteiger partial charge on any atom is -0.488 e. The predicted octanol–water partition coefficient (Wildman–Crippen LogP) is 4.84. The molecule has 0 heterocycles. The van der Waals surface area contributed by atoms with Crippen LogP contribution < -0.4 is 10.2 Å². The Morgan fingerprint density at radius 2 is 1.83 bits per heavy atom. The van der Waals surface area contributed by atoms with Gasteiger partial charge in [-0.25, -0.2) is 9.82 Å². The molecule has 3 aromatic rings. The molecule has 0 aliphatic carbocycles. The van der Waals surface area contributed by atoms with Crippen molar-refractivity contribution >= 4 is 33.7 Å². The number of nitro groups is 1. The highest BCUT2D eigenvalue weighted by molar-refractivity contribution is 9.10. The summed E-state index contributed by atoms with van der Waals surface area (Å²) in [6.07, 6.45) is 1.46. The fourth-order valence-corrected chi connectivity index (χ4v) is 2.93. The summed E-state index contributed by atoms with van der Waals surface area (Å²) in [5.74, 6) is -0.287. The van der Waals surface area contributed by atoms with E-state index in [9.17, 15) is 19.3 Å². The standard InChI is InChI=1S/C21H15BrFN3O4/c22-19-11-15(12-24-25-21(27)16-4-6-17(23)7-5-16)3-10-20(19)30-13-14-1-8-18(9-2-14)26(28)29/h1-12H,13H2,(H,25,27)/b24-12-. The second-order valence-corrected chi connectivity index (χ2v) is 6.96. The normalized spacial score (nSPS) is 10.7. The van der Waals surface area contributed by atoms with Gasteiger partial charge in [0.2, 0.25) is 0 Å². The van der Waals surface area contributed by atoms with Crippen LogP contribution in [-0.2, 0) is 6.61 Å². The van der Waals surface area contributed by atoms with Gasteiger partial charge in [-0.3, -0.25) is 14.9 Å². The average molecular weight is 472 g/mol. The second kappa shape index (κ2) is 9.75. The van der Waals surface area contributed by atoms with Crippen molar-refractivity contribution in [3.63, 3.8) is 0 Å². The second-order valence-electron chi connectivity index (χ2n) is 6.11. The van der Waals surface area contributed by atoms with E-state index in [1.165, 1.54) is 42.6 Å². The van der Waals surface area contributed by atoms with Gasteiger partial charge >= 0.3 is 0 Å². The van der Waals surface area contributed by atoms with Crippen LogP contribution in [0.4, 0.5) is 10.1 Å². The number of nitrogens with one attached hydrogen (secondary N) is 1. The predicted molar refractivity (Wildman–Crippen MR) is 113 cm³/mol. The molecule has 30 heavy (non-hydrogen) atoms. The molecule has 1 amide bonds. The Bertz CT molecular complexity index is 1090. The number of ether oxygens (including phenoxy) is 1. The lowest BCUT2D eigenvalue weighted by molar-refractivity contribution is -0.384. The molecule has 0 saturated carbocycles. The van der Waals surface area contributed by atoms with Gasteiger partial charge in [0.05, 0.1) is 15.6 Å². The van der Waals surface area contributed by atoms with Gasteiger partial charge in [0.1, 0.15) is 18.2 Å². The first-order valence-electron chi connectivity index (χ1n) is 8.67. The maximum absolute atomic E-state index is 12.9. The molecule has 0 radical (unpaired) electrons. The Kier molecular flexibility index (Phi) is 6.87. The van der Waals surface area contributed by atoms with E-state index in [2.05, 4.69) is 26.5 Å². The lowest BCUT2D eigenvalue weighted by Gasteiger charge is -2.09. The maximum atomic E-state index is 12.9. The van der Waals surface area contributed by atoms with E-state index in [1.807, 2.05) is 0 Å². The van der Waals surface area contributed by atoms with E-state index in [4.69, 9.17) is 4.74 Å². The van der Waals surface area contributed by atoms with Crippen molar-refractivity contribution in [2.45, 2.75) is 6.61 Å². The number of non-ortho nitro benzene ring substituents is 1. The van der Waals surface area contributed by atoms with Crippen LogP contribution in [0.25, 0.3) is 0 Å². The van der Waals surface area contributed by atoms with E-state index >= 15 is 0 Å². The van der Waals surface area contributed by atoms with Gasteiger partial charge in [0.25, 0.3) is 11.6 Å². The first-order chi connectivity index (χ1) is 14.4. The van der Waals surface area contributed by atoms with Crippen molar-refractivity contribution in [2.24, 2.45) is 5.10 Å². The molecule has 0 bridgehead atoms. The van der Waals surface area contributed by atoms with E-state index in [1.54, 1.807) is 30.3 Å². The van der Waals surface area contributed by atoms with Crippen LogP contribution in [0.2, 0.25) is 0 Å². The van der Waals surface area contributed by atoms with Crippen molar-refractivity contribution in [1.82, 2.24) is 5.43 Å². The van der Waals surface area contributed by atoms with Gasteiger partial charge in [-0.15, -0.1) is 0 Å². The molecule has 0 atom stereocenters. The first-order valence-corrected chi connectivity index (χ1v) is 9.46. The molecule has 1 N–H and O–H groups in total. The van der Waals surface area contributed by atoms with Crippen LogP contribution in [-0.4, -0.2) is 17.0 Å².